The van der Waals surface area contributed by atoms with E-state index in [0.29, 0.717) is 0 Å². The lowest BCUT2D eigenvalue weighted by atomic mass is 10.0. The zero-order valence-corrected chi connectivity index (χ0v) is 14.6. The lowest BCUT2D eigenvalue weighted by Crippen LogP contribution is -1.83. The highest BCUT2D eigenvalue weighted by Crippen LogP contribution is 2.46. The summed E-state index contributed by atoms with van der Waals surface area (Å²) >= 11 is 0. The summed E-state index contributed by atoms with van der Waals surface area (Å²) in [6.07, 6.45) is 0.989. The molecule has 2 heteroatoms. The first-order valence-electron chi connectivity index (χ1n) is 9.43. The van der Waals surface area contributed by atoms with Crippen molar-refractivity contribution in [2.24, 2.45) is 0 Å². The van der Waals surface area contributed by atoms with E-state index in [1.54, 1.807) is 0 Å². The molecule has 4 aromatic carbocycles. The topological polar surface area (TPSA) is 31.6 Å². The van der Waals surface area contributed by atoms with Gasteiger partial charge in [-0.1, -0.05) is 48.5 Å². The molecule has 27 heavy (non-hydrogen) atoms. The van der Waals surface area contributed by atoms with Gasteiger partial charge in [0.2, 0.25) is 0 Å². The summed E-state index contributed by atoms with van der Waals surface area (Å²) in [5.74, 6) is 0. The van der Waals surface area contributed by atoms with E-state index < -0.39 is 0 Å². The average Bonchev–Trinajstić information content (AvgIpc) is 3.37. The fourth-order valence-corrected chi connectivity index (χ4v) is 5.08. The standard InChI is InChI=1S/C25H16N2/c1-3-7-20-16(5-1)24-18-13-19-15(14(18)9-11-22(24)26-20)10-12-23-25(19)17-6-2-4-8-21(17)27-23/h1-12,26-27H,13H2. The summed E-state index contributed by atoms with van der Waals surface area (Å²) in [6.45, 7) is 0. The molecule has 7 rings (SSSR count). The van der Waals surface area contributed by atoms with Crippen LogP contribution < -0.4 is 0 Å². The largest absolute Gasteiger partial charge is 0.355 e. The van der Waals surface area contributed by atoms with Gasteiger partial charge in [-0.2, -0.15) is 0 Å². The summed E-state index contributed by atoms with van der Waals surface area (Å²) in [7, 11) is 0. The van der Waals surface area contributed by atoms with Crippen molar-refractivity contribution in [3.63, 3.8) is 0 Å². The van der Waals surface area contributed by atoms with Crippen LogP contribution in [0.25, 0.3) is 54.7 Å². The summed E-state index contributed by atoms with van der Waals surface area (Å²) in [4.78, 5) is 7.18. The second kappa shape index (κ2) is 4.60. The first kappa shape index (κ1) is 13.7. The van der Waals surface area contributed by atoms with Crippen LogP contribution in [0.3, 0.4) is 0 Å². The number of fused-ring (bicyclic) bond motifs is 11. The lowest BCUT2D eigenvalue weighted by Gasteiger charge is -2.03. The highest BCUT2D eigenvalue weighted by Gasteiger charge is 2.25. The fourth-order valence-electron chi connectivity index (χ4n) is 5.08. The minimum Gasteiger partial charge on any atom is -0.355 e. The van der Waals surface area contributed by atoms with Crippen LogP contribution in [0.1, 0.15) is 11.1 Å². The minimum atomic E-state index is 0.989. The summed E-state index contributed by atoms with van der Waals surface area (Å²) in [6, 6.07) is 26.3. The minimum absolute atomic E-state index is 0.989. The third-order valence-corrected chi connectivity index (χ3v) is 6.20. The number of para-hydroxylation sites is 2. The number of aromatic amines is 2. The Morgan fingerprint density at radius 3 is 1.48 bits per heavy atom. The first-order chi connectivity index (χ1) is 13.4. The second-order valence-corrected chi connectivity index (χ2v) is 7.55. The van der Waals surface area contributed by atoms with Crippen LogP contribution in [-0.4, -0.2) is 9.97 Å². The molecule has 0 radical (unpaired) electrons. The highest BCUT2D eigenvalue weighted by molar-refractivity contribution is 6.15. The molecule has 0 fully saturated rings. The number of hydrogen-bond acceptors (Lipinski definition) is 0. The van der Waals surface area contributed by atoms with Crippen molar-refractivity contribution < 1.29 is 0 Å². The van der Waals surface area contributed by atoms with Crippen LogP contribution in [0.5, 0.6) is 0 Å². The van der Waals surface area contributed by atoms with Gasteiger partial charge in [0.15, 0.2) is 0 Å². The van der Waals surface area contributed by atoms with Gasteiger partial charge in [0, 0.05) is 50.0 Å². The Kier molecular flexibility index (Phi) is 2.33. The van der Waals surface area contributed by atoms with Crippen LogP contribution in [0.4, 0.5) is 0 Å². The van der Waals surface area contributed by atoms with E-state index >= 15 is 0 Å². The third-order valence-electron chi connectivity index (χ3n) is 6.20. The molecule has 1 aliphatic carbocycles. The van der Waals surface area contributed by atoms with Gasteiger partial charge in [-0.15, -0.1) is 0 Å². The zero-order chi connectivity index (χ0) is 17.5. The van der Waals surface area contributed by atoms with Gasteiger partial charge in [-0.25, -0.2) is 0 Å². The summed E-state index contributed by atoms with van der Waals surface area (Å²) < 4.78 is 0. The molecule has 2 heterocycles. The molecule has 2 aromatic heterocycles. The molecule has 2 nitrogen and oxygen atoms in total. The summed E-state index contributed by atoms with van der Waals surface area (Å²) in [5.41, 5.74) is 10.6. The first-order valence-corrected chi connectivity index (χ1v) is 9.43. The second-order valence-electron chi connectivity index (χ2n) is 7.55. The van der Waals surface area contributed by atoms with E-state index in [0.717, 1.165) is 6.42 Å². The monoisotopic (exact) mass is 344 g/mol. The van der Waals surface area contributed by atoms with E-state index in [1.165, 1.54) is 65.9 Å². The molecule has 0 unspecified atom stereocenters. The maximum Gasteiger partial charge on any atom is 0.0468 e. The smallest absolute Gasteiger partial charge is 0.0468 e. The SMILES string of the molecule is c1ccc2c(c1)[nH]c1ccc3c(c12)Cc1c-3ccc2[nH]c3ccccc3c12. The normalized spacial score (nSPS) is 13.0. The quantitative estimate of drug-likeness (QED) is 0.313. The number of nitrogens with one attached hydrogen (secondary N) is 2. The Morgan fingerprint density at radius 1 is 0.481 bits per heavy atom. The van der Waals surface area contributed by atoms with Crippen LogP contribution in [-0.2, 0) is 6.42 Å². The Bertz CT molecular complexity index is 1430. The highest BCUT2D eigenvalue weighted by atomic mass is 14.7. The van der Waals surface area contributed by atoms with Crippen molar-refractivity contribution in [1.29, 1.82) is 0 Å². The molecule has 6 aromatic rings. The predicted molar refractivity (Wildman–Crippen MR) is 113 cm³/mol. The fraction of sp³-hybridized carbons (Fsp3) is 0.0400. The van der Waals surface area contributed by atoms with Gasteiger partial charge in [0.1, 0.15) is 0 Å². The Balaban J connectivity index is 1.62. The van der Waals surface area contributed by atoms with Crippen LogP contribution >= 0.6 is 0 Å². The number of benzene rings is 4. The van der Waals surface area contributed by atoms with Gasteiger partial charge in [0.05, 0.1) is 0 Å². The lowest BCUT2D eigenvalue weighted by molar-refractivity contribution is 1.31. The molecule has 0 bridgehead atoms. The van der Waals surface area contributed by atoms with E-state index in [4.69, 9.17) is 0 Å². The van der Waals surface area contributed by atoms with Crippen molar-refractivity contribution in [1.82, 2.24) is 9.97 Å². The maximum absolute atomic E-state index is 3.59. The van der Waals surface area contributed by atoms with Crippen LogP contribution in [0, 0.1) is 0 Å². The third kappa shape index (κ3) is 1.61. The molecule has 0 atom stereocenters. The molecular formula is C25H16N2. The molecule has 126 valence electrons. The molecular weight excluding hydrogens is 328 g/mol. The summed E-state index contributed by atoms with van der Waals surface area (Å²) in [5, 5.41) is 5.42. The molecule has 0 amide bonds. The van der Waals surface area contributed by atoms with Crippen molar-refractivity contribution in [2.75, 3.05) is 0 Å². The van der Waals surface area contributed by atoms with Gasteiger partial charge < -0.3 is 9.97 Å². The molecule has 0 aliphatic heterocycles. The zero-order valence-electron chi connectivity index (χ0n) is 14.6. The molecule has 0 saturated carbocycles. The number of hydrogen-bond donors (Lipinski definition) is 2. The van der Waals surface area contributed by atoms with E-state index in [9.17, 15) is 0 Å². The number of H-pyrrole nitrogens is 2. The van der Waals surface area contributed by atoms with Gasteiger partial charge in [-0.3, -0.25) is 0 Å². The van der Waals surface area contributed by atoms with E-state index in [2.05, 4.69) is 82.8 Å². The van der Waals surface area contributed by atoms with Gasteiger partial charge in [0.25, 0.3) is 0 Å². The van der Waals surface area contributed by atoms with Crippen molar-refractivity contribution in [3.05, 3.63) is 83.9 Å². The Labute approximate surface area is 155 Å². The van der Waals surface area contributed by atoms with Gasteiger partial charge in [-0.05, 0) is 46.5 Å². The van der Waals surface area contributed by atoms with Gasteiger partial charge >= 0.3 is 0 Å². The van der Waals surface area contributed by atoms with Crippen molar-refractivity contribution in [2.45, 2.75) is 6.42 Å². The van der Waals surface area contributed by atoms with Crippen molar-refractivity contribution >= 4 is 43.6 Å². The molecule has 1 aliphatic rings. The number of rotatable bonds is 0. The predicted octanol–water partition coefficient (Wildman–Crippen LogP) is 6.53. The van der Waals surface area contributed by atoms with E-state index in [-0.39, 0.29) is 0 Å². The number of aromatic nitrogens is 2. The maximum atomic E-state index is 3.59. The Morgan fingerprint density at radius 2 is 0.963 bits per heavy atom. The van der Waals surface area contributed by atoms with E-state index in [1.807, 2.05) is 0 Å². The molecule has 0 spiro atoms. The van der Waals surface area contributed by atoms with Crippen LogP contribution in [0.15, 0.2) is 72.8 Å². The Hall–Kier alpha value is -3.52. The van der Waals surface area contributed by atoms with Crippen molar-refractivity contribution in [3.8, 4) is 11.1 Å². The average molecular weight is 344 g/mol. The molecule has 2 N–H and O–H groups in total. The molecule has 0 saturated heterocycles. The van der Waals surface area contributed by atoms with Crippen LogP contribution in [0.2, 0.25) is 0 Å².